The maximum atomic E-state index is 6.03. The summed E-state index contributed by atoms with van der Waals surface area (Å²) >= 11 is 6.03. The molecule has 4 heteroatoms. The normalized spacial score (nSPS) is 22.4. The van der Waals surface area contributed by atoms with Crippen LogP contribution >= 0.6 is 11.6 Å². The first-order valence-corrected chi connectivity index (χ1v) is 8.14. The number of rotatable bonds is 4. The van der Waals surface area contributed by atoms with Crippen LogP contribution in [-0.2, 0) is 0 Å². The minimum absolute atomic E-state index is 0.661. The van der Waals surface area contributed by atoms with Gasteiger partial charge < -0.3 is 11.1 Å². The molecule has 2 aromatic rings. The molecule has 0 radical (unpaired) electrons. The van der Waals surface area contributed by atoms with Crippen LogP contribution in [0.25, 0.3) is 10.9 Å². The Bertz CT molecular complexity index is 614. The zero-order chi connectivity index (χ0) is 14.7. The monoisotopic (exact) mass is 303 g/mol. The first-order chi connectivity index (χ1) is 10.3. The third kappa shape index (κ3) is 3.30. The van der Waals surface area contributed by atoms with E-state index >= 15 is 0 Å². The molecule has 21 heavy (non-hydrogen) atoms. The van der Waals surface area contributed by atoms with Gasteiger partial charge in [-0.1, -0.05) is 24.4 Å². The minimum atomic E-state index is 0.661. The fraction of sp³-hybridized carbons (Fsp3) is 0.471. The molecule has 1 saturated carbocycles. The SMILES string of the molecule is NCC1CCCCC1CNc1ccnc2cc(Cl)ccc12. The summed E-state index contributed by atoms with van der Waals surface area (Å²) in [6, 6.07) is 7.90. The van der Waals surface area contributed by atoms with E-state index in [1.165, 1.54) is 25.7 Å². The number of halogens is 1. The van der Waals surface area contributed by atoms with Gasteiger partial charge in [0.1, 0.15) is 0 Å². The molecule has 1 fully saturated rings. The highest BCUT2D eigenvalue weighted by molar-refractivity contribution is 6.31. The summed E-state index contributed by atoms with van der Waals surface area (Å²) in [6.45, 7) is 1.79. The average molecular weight is 304 g/mol. The molecule has 112 valence electrons. The lowest BCUT2D eigenvalue weighted by atomic mass is 9.79. The minimum Gasteiger partial charge on any atom is -0.384 e. The number of nitrogens with one attached hydrogen (secondary N) is 1. The summed E-state index contributed by atoms with van der Waals surface area (Å²) in [5.74, 6) is 1.34. The van der Waals surface area contributed by atoms with Crippen molar-refractivity contribution in [2.24, 2.45) is 17.6 Å². The molecule has 0 amide bonds. The summed E-state index contributed by atoms with van der Waals surface area (Å²) in [7, 11) is 0. The second-order valence-electron chi connectivity index (χ2n) is 5.94. The molecule has 1 aliphatic carbocycles. The Morgan fingerprint density at radius 2 is 2.00 bits per heavy atom. The molecule has 1 aliphatic rings. The van der Waals surface area contributed by atoms with Crippen molar-refractivity contribution in [3.8, 4) is 0 Å². The van der Waals surface area contributed by atoms with Crippen molar-refractivity contribution in [1.82, 2.24) is 4.98 Å². The van der Waals surface area contributed by atoms with E-state index in [0.717, 1.165) is 34.7 Å². The number of aromatic nitrogens is 1. The Morgan fingerprint density at radius 3 is 2.81 bits per heavy atom. The summed E-state index contributed by atoms with van der Waals surface area (Å²) in [4.78, 5) is 4.38. The highest BCUT2D eigenvalue weighted by Gasteiger charge is 2.23. The lowest BCUT2D eigenvalue weighted by molar-refractivity contribution is 0.255. The van der Waals surface area contributed by atoms with E-state index in [0.29, 0.717) is 11.8 Å². The van der Waals surface area contributed by atoms with E-state index < -0.39 is 0 Å². The third-order valence-corrected chi connectivity index (χ3v) is 4.86. The maximum Gasteiger partial charge on any atom is 0.0737 e. The van der Waals surface area contributed by atoms with E-state index in [1.807, 2.05) is 30.5 Å². The molecule has 3 N–H and O–H groups in total. The maximum absolute atomic E-state index is 6.03. The van der Waals surface area contributed by atoms with Gasteiger partial charge >= 0.3 is 0 Å². The average Bonchev–Trinajstić information content (AvgIpc) is 2.52. The number of pyridine rings is 1. The molecule has 3 rings (SSSR count). The van der Waals surface area contributed by atoms with Crippen LogP contribution in [0.1, 0.15) is 25.7 Å². The highest BCUT2D eigenvalue weighted by Crippen LogP contribution is 2.30. The van der Waals surface area contributed by atoms with Crippen molar-refractivity contribution in [2.75, 3.05) is 18.4 Å². The number of benzene rings is 1. The van der Waals surface area contributed by atoms with Gasteiger partial charge in [-0.25, -0.2) is 0 Å². The molecule has 0 bridgehead atoms. The van der Waals surface area contributed by atoms with Gasteiger partial charge in [0.25, 0.3) is 0 Å². The molecule has 0 spiro atoms. The van der Waals surface area contributed by atoms with E-state index in [1.54, 1.807) is 0 Å². The van der Waals surface area contributed by atoms with E-state index in [4.69, 9.17) is 17.3 Å². The fourth-order valence-electron chi connectivity index (χ4n) is 3.38. The van der Waals surface area contributed by atoms with Gasteiger partial charge in [-0.3, -0.25) is 4.98 Å². The number of hydrogen-bond acceptors (Lipinski definition) is 3. The number of hydrogen-bond donors (Lipinski definition) is 2. The highest BCUT2D eigenvalue weighted by atomic mass is 35.5. The second-order valence-corrected chi connectivity index (χ2v) is 6.38. The molecule has 0 aliphatic heterocycles. The quantitative estimate of drug-likeness (QED) is 0.895. The predicted molar refractivity (Wildman–Crippen MR) is 89.7 cm³/mol. The van der Waals surface area contributed by atoms with Crippen molar-refractivity contribution in [1.29, 1.82) is 0 Å². The second kappa shape index (κ2) is 6.63. The largest absolute Gasteiger partial charge is 0.384 e. The van der Waals surface area contributed by atoms with Crippen molar-refractivity contribution in [3.63, 3.8) is 0 Å². The Kier molecular flexibility index (Phi) is 4.61. The lowest BCUT2D eigenvalue weighted by Gasteiger charge is -2.31. The van der Waals surface area contributed by atoms with Gasteiger partial charge in [0.2, 0.25) is 0 Å². The lowest BCUT2D eigenvalue weighted by Crippen LogP contribution is -2.31. The van der Waals surface area contributed by atoms with Crippen LogP contribution in [0.4, 0.5) is 5.69 Å². The first kappa shape index (κ1) is 14.6. The van der Waals surface area contributed by atoms with Crippen LogP contribution in [0.5, 0.6) is 0 Å². The van der Waals surface area contributed by atoms with Crippen molar-refractivity contribution in [2.45, 2.75) is 25.7 Å². The molecule has 0 saturated heterocycles. The Morgan fingerprint density at radius 1 is 1.19 bits per heavy atom. The van der Waals surface area contributed by atoms with Crippen LogP contribution < -0.4 is 11.1 Å². The Labute approximate surface area is 130 Å². The van der Waals surface area contributed by atoms with Crippen LogP contribution in [0.15, 0.2) is 30.5 Å². The van der Waals surface area contributed by atoms with Crippen molar-refractivity contribution < 1.29 is 0 Å². The predicted octanol–water partition coefficient (Wildman–Crippen LogP) is 4.07. The molecular weight excluding hydrogens is 282 g/mol. The fourth-order valence-corrected chi connectivity index (χ4v) is 3.55. The third-order valence-electron chi connectivity index (χ3n) is 4.63. The number of nitrogens with two attached hydrogens (primary N) is 1. The summed E-state index contributed by atoms with van der Waals surface area (Å²) in [5, 5.41) is 5.45. The Hall–Kier alpha value is -1.32. The van der Waals surface area contributed by atoms with Gasteiger partial charge in [0, 0.05) is 28.8 Å². The van der Waals surface area contributed by atoms with E-state index in [2.05, 4.69) is 10.3 Å². The van der Waals surface area contributed by atoms with Crippen molar-refractivity contribution >= 4 is 28.2 Å². The number of fused-ring (bicyclic) bond motifs is 1. The first-order valence-electron chi connectivity index (χ1n) is 7.76. The van der Waals surface area contributed by atoms with Gasteiger partial charge in [-0.05, 0) is 55.5 Å². The molecule has 2 atom stereocenters. The van der Waals surface area contributed by atoms with Gasteiger partial charge in [-0.2, -0.15) is 0 Å². The Balaban J connectivity index is 1.75. The molecule has 1 aromatic heterocycles. The number of anilines is 1. The standard InChI is InChI=1S/C17H22ClN3/c18-14-5-6-15-16(7-8-20-17(15)9-14)21-11-13-4-2-1-3-12(13)10-19/h5-9,12-13H,1-4,10-11,19H2,(H,20,21). The van der Waals surface area contributed by atoms with Gasteiger partial charge in [0.15, 0.2) is 0 Å². The molecule has 1 aromatic carbocycles. The molecule has 1 heterocycles. The molecular formula is C17H22ClN3. The smallest absolute Gasteiger partial charge is 0.0737 e. The van der Waals surface area contributed by atoms with Crippen LogP contribution in [0.3, 0.4) is 0 Å². The summed E-state index contributed by atoms with van der Waals surface area (Å²) in [5.41, 5.74) is 7.99. The van der Waals surface area contributed by atoms with E-state index in [-0.39, 0.29) is 0 Å². The van der Waals surface area contributed by atoms with Crippen LogP contribution in [0.2, 0.25) is 5.02 Å². The summed E-state index contributed by atoms with van der Waals surface area (Å²) < 4.78 is 0. The van der Waals surface area contributed by atoms with E-state index in [9.17, 15) is 0 Å². The zero-order valence-electron chi connectivity index (χ0n) is 12.2. The van der Waals surface area contributed by atoms with Crippen LogP contribution in [0, 0.1) is 11.8 Å². The molecule has 3 nitrogen and oxygen atoms in total. The molecule has 2 unspecified atom stereocenters. The summed E-state index contributed by atoms with van der Waals surface area (Å²) in [6.07, 6.45) is 7.05. The van der Waals surface area contributed by atoms with Crippen molar-refractivity contribution in [3.05, 3.63) is 35.5 Å². The zero-order valence-corrected chi connectivity index (χ0v) is 12.9. The number of nitrogens with zero attached hydrogens (tertiary/aromatic N) is 1. The van der Waals surface area contributed by atoms with Gasteiger partial charge in [-0.15, -0.1) is 0 Å². The van der Waals surface area contributed by atoms with Crippen LogP contribution in [-0.4, -0.2) is 18.1 Å². The topological polar surface area (TPSA) is 50.9 Å². The van der Waals surface area contributed by atoms with Gasteiger partial charge in [0.05, 0.1) is 5.52 Å².